The third-order valence-corrected chi connectivity index (χ3v) is 4.29. The normalized spacial score (nSPS) is 13.2. The van der Waals surface area contributed by atoms with Crippen molar-refractivity contribution >= 4 is 16.1 Å². The van der Waals surface area contributed by atoms with Gasteiger partial charge in [0.15, 0.2) is 0 Å². The predicted molar refractivity (Wildman–Crippen MR) is 104 cm³/mol. The molecule has 0 amide bonds. The molecule has 11 heteroatoms. The summed E-state index contributed by atoms with van der Waals surface area (Å²) < 4.78 is 56.2. The summed E-state index contributed by atoms with van der Waals surface area (Å²) >= 11 is 0. The molecule has 0 saturated carbocycles. The van der Waals surface area contributed by atoms with Crippen LogP contribution < -0.4 is 19.8 Å². The maximum atomic E-state index is 13.1. The van der Waals surface area contributed by atoms with Crippen molar-refractivity contribution in [3.8, 4) is 17.2 Å². The number of hydroxylamine groups is 1. The molecule has 0 bridgehead atoms. The Morgan fingerprint density at radius 1 is 1.00 bits per heavy atom. The van der Waals surface area contributed by atoms with Gasteiger partial charge in [-0.05, 0) is 48.5 Å². The van der Waals surface area contributed by atoms with Crippen LogP contribution in [0.15, 0.2) is 48.5 Å². The SMILES string of the molecule is COC(=O)[C@@H](Oc1ccc(F)cc1)[C@@H](COS(C)(=O)=O)NOc1ccc(OC)cc1. The summed E-state index contributed by atoms with van der Waals surface area (Å²) in [5, 5.41) is 0. The van der Waals surface area contributed by atoms with Crippen LogP contribution in [0.5, 0.6) is 17.2 Å². The zero-order valence-electron chi connectivity index (χ0n) is 16.5. The first-order chi connectivity index (χ1) is 14.2. The Morgan fingerprint density at radius 3 is 2.10 bits per heavy atom. The molecule has 0 heterocycles. The molecule has 30 heavy (non-hydrogen) atoms. The van der Waals surface area contributed by atoms with Crippen molar-refractivity contribution in [3.63, 3.8) is 0 Å². The van der Waals surface area contributed by atoms with Crippen LogP contribution in [0.1, 0.15) is 0 Å². The maximum absolute atomic E-state index is 13.1. The van der Waals surface area contributed by atoms with Crippen molar-refractivity contribution in [2.75, 3.05) is 27.1 Å². The monoisotopic (exact) mass is 443 g/mol. The van der Waals surface area contributed by atoms with Gasteiger partial charge >= 0.3 is 5.97 Å². The third kappa shape index (κ3) is 7.50. The first kappa shape index (κ1) is 23.4. The fraction of sp³-hybridized carbons (Fsp3) is 0.316. The van der Waals surface area contributed by atoms with Gasteiger partial charge in [-0.3, -0.25) is 4.18 Å². The van der Waals surface area contributed by atoms with E-state index < -0.39 is 40.7 Å². The number of hydrogen-bond acceptors (Lipinski definition) is 9. The number of hydrogen-bond donors (Lipinski definition) is 1. The van der Waals surface area contributed by atoms with Gasteiger partial charge < -0.3 is 19.0 Å². The van der Waals surface area contributed by atoms with E-state index in [1.165, 1.54) is 19.2 Å². The van der Waals surface area contributed by atoms with Crippen LogP contribution in [-0.4, -0.2) is 53.6 Å². The first-order valence-corrected chi connectivity index (χ1v) is 10.4. The van der Waals surface area contributed by atoms with Crippen LogP contribution >= 0.6 is 0 Å². The van der Waals surface area contributed by atoms with E-state index in [0.717, 1.165) is 25.5 Å². The zero-order chi connectivity index (χ0) is 22.1. The van der Waals surface area contributed by atoms with E-state index in [1.807, 2.05) is 0 Å². The van der Waals surface area contributed by atoms with Crippen molar-refractivity contribution < 1.29 is 40.8 Å². The molecule has 9 nitrogen and oxygen atoms in total. The minimum atomic E-state index is -3.82. The summed E-state index contributed by atoms with van der Waals surface area (Å²) in [5.74, 6) is -0.207. The Balaban J connectivity index is 2.21. The average molecular weight is 443 g/mol. The zero-order valence-corrected chi connectivity index (χ0v) is 17.3. The molecule has 0 saturated heterocycles. The van der Waals surface area contributed by atoms with E-state index in [-0.39, 0.29) is 5.75 Å². The van der Waals surface area contributed by atoms with Gasteiger partial charge in [-0.2, -0.15) is 8.42 Å². The van der Waals surface area contributed by atoms with E-state index >= 15 is 0 Å². The highest BCUT2D eigenvalue weighted by atomic mass is 32.2. The van der Waals surface area contributed by atoms with Crippen LogP contribution in [-0.2, 0) is 23.8 Å². The van der Waals surface area contributed by atoms with Crippen molar-refractivity contribution in [2.45, 2.75) is 12.1 Å². The average Bonchev–Trinajstić information content (AvgIpc) is 2.73. The lowest BCUT2D eigenvalue weighted by Crippen LogP contribution is -2.52. The number of carbonyl (C=O) groups excluding carboxylic acids is 1. The molecular weight excluding hydrogens is 421 g/mol. The van der Waals surface area contributed by atoms with Crippen LogP contribution in [0.2, 0.25) is 0 Å². The summed E-state index contributed by atoms with van der Waals surface area (Å²) in [6, 6.07) is 10.3. The largest absolute Gasteiger partial charge is 0.497 e. The Bertz CT molecular complexity index is 919. The molecule has 0 aliphatic carbocycles. The van der Waals surface area contributed by atoms with Crippen LogP contribution in [0, 0.1) is 5.82 Å². The molecule has 0 aliphatic rings. The van der Waals surface area contributed by atoms with Crippen LogP contribution in [0.25, 0.3) is 0 Å². The summed E-state index contributed by atoms with van der Waals surface area (Å²) in [5.41, 5.74) is 2.56. The molecule has 0 spiro atoms. The number of methoxy groups -OCH3 is 2. The molecule has 164 valence electrons. The van der Waals surface area contributed by atoms with Gasteiger partial charge in [-0.25, -0.2) is 9.18 Å². The lowest BCUT2D eigenvalue weighted by atomic mass is 10.2. The number of esters is 1. The van der Waals surface area contributed by atoms with Gasteiger partial charge in [0.2, 0.25) is 6.10 Å². The predicted octanol–water partition coefficient (Wildman–Crippen LogP) is 1.68. The number of ether oxygens (including phenoxy) is 3. The second-order valence-electron chi connectivity index (χ2n) is 6.01. The van der Waals surface area contributed by atoms with Gasteiger partial charge in [-0.15, -0.1) is 5.48 Å². The lowest BCUT2D eigenvalue weighted by molar-refractivity contribution is -0.152. The number of benzene rings is 2. The van der Waals surface area contributed by atoms with E-state index in [0.29, 0.717) is 11.5 Å². The van der Waals surface area contributed by atoms with Gasteiger partial charge in [0.1, 0.15) is 29.1 Å². The summed E-state index contributed by atoms with van der Waals surface area (Å²) in [6.07, 6.45) is -0.511. The highest BCUT2D eigenvalue weighted by molar-refractivity contribution is 7.85. The lowest BCUT2D eigenvalue weighted by Gasteiger charge is -2.26. The van der Waals surface area contributed by atoms with Crippen molar-refractivity contribution in [2.24, 2.45) is 0 Å². The third-order valence-electron chi connectivity index (χ3n) is 3.72. The van der Waals surface area contributed by atoms with Crippen molar-refractivity contribution in [3.05, 3.63) is 54.3 Å². The second kappa shape index (κ2) is 10.8. The van der Waals surface area contributed by atoms with Crippen LogP contribution in [0.3, 0.4) is 0 Å². The topological polar surface area (TPSA) is 109 Å². The molecule has 1 N–H and O–H groups in total. The summed E-state index contributed by atoms with van der Waals surface area (Å²) in [4.78, 5) is 17.7. The quantitative estimate of drug-likeness (QED) is 0.315. The Kier molecular flexibility index (Phi) is 8.39. The molecule has 0 radical (unpaired) electrons. The molecule has 2 atom stereocenters. The number of nitrogens with one attached hydrogen (secondary N) is 1. The number of rotatable bonds is 11. The first-order valence-electron chi connectivity index (χ1n) is 8.62. The molecule has 0 aromatic heterocycles. The minimum absolute atomic E-state index is 0.155. The van der Waals surface area contributed by atoms with E-state index in [1.54, 1.807) is 24.3 Å². The van der Waals surface area contributed by atoms with Gasteiger partial charge in [0, 0.05) is 0 Å². The van der Waals surface area contributed by atoms with Gasteiger partial charge in [0.05, 0.1) is 27.1 Å². The Hall–Kier alpha value is -2.89. The summed E-state index contributed by atoms with van der Waals surface area (Å²) in [6.45, 7) is -0.504. The van der Waals surface area contributed by atoms with Crippen LogP contribution in [0.4, 0.5) is 4.39 Å². The molecule has 2 aromatic rings. The molecular formula is C19H22FNO8S. The molecule has 2 rings (SSSR count). The molecule has 0 fully saturated rings. The second-order valence-corrected chi connectivity index (χ2v) is 7.65. The molecule has 2 aromatic carbocycles. The van der Waals surface area contributed by atoms with Gasteiger partial charge in [0.25, 0.3) is 10.1 Å². The standard InChI is InChI=1S/C19H22FNO8S/c1-25-14-8-10-16(11-9-14)29-21-17(12-27-30(3,23)24)18(19(22)26-2)28-15-6-4-13(20)5-7-15/h4-11,17-18,21H,12H2,1-3H3/t17-,18+/m1/s1. The fourth-order valence-corrected chi connectivity index (χ4v) is 2.63. The van der Waals surface area contributed by atoms with E-state index in [9.17, 15) is 17.6 Å². The smallest absolute Gasteiger partial charge is 0.348 e. The minimum Gasteiger partial charge on any atom is -0.497 e. The van der Waals surface area contributed by atoms with E-state index in [4.69, 9.17) is 23.2 Å². The fourth-order valence-electron chi connectivity index (χ4n) is 2.24. The highest BCUT2D eigenvalue weighted by Gasteiger charge is 2.33. The number of carbonyl (C=O) groups is 1. The van der Waals surface area contributed by atoms with E-state index in [2.05, 4.69) is 5.48 Å². The summed E-state index contributed by atoms with van der Waals surface area (Å²) in [7, 11) is -1.17. The molecule has 0 aliphatic heterocycles. The highest BCUT2D eigenvalue weighted by Crippen LogP contribution is 2.18. The van der Waals surface area contributed by atoms with Crippen molar-refractivity contribution in [1.29, 1.82) is 0 Å². The molecule has 0 unspecified atom stereocenters. The van der Waals surface area contributed by atoms with Crippen molar-refractivity contribution in [1.82, 2.24) is 5.48 Å². The van der Waals surface area contributed by atoms with Gasteiger partial charge in [-0.1, -0.05) is 0 Å². The maximum Gasteiger partial charge on any atom is 0.348 e. The Labute approximate surface area is 173 Å². The Morgan fingerprint density at radius 2 is 1.57 bits per heavy atom. The number of halogens is 1.